The van der Waals surface area contributed by atoms with Gasteiger partial charge in [0.05, 0.1) is 5.03 Å². The van der Waals surface area contributed by atoms with E-state index in [1.54, 1.807) is 11.8 Å². The second-order valence-corrected chi connectivity index (χ2v) is 5.81. The Bertz CT molecular complexity index is 691. The van der Waals surface area contributed by atoms with Crippen molar-refractivity contribution in [1.29, 1.82) is 0 Å². The quantitative estimate of drug-likeness (QED) is 0.845. The number of para-hydroxylation sites is 1. The zero-order chi connectivity index (χ0) is 14.7. The van der Waals surface area contributed by atoms with Crippen LogP contribution in [0.4, 0.5) is 5.69 Å². The van der Waals surface area contributed by atoms with Crippen LogP contribution in [0.5, 0.6) is 0 Å². The van der Waals surface area contributed by atoms with Gasteiger partial charge in [-0.15, -0.1) is 11.8 Å². The minimum absolute atomic E-state index is 0.157. The highest BCUT2D eigenvalue weighted by Crippen LogP contribution is 2.31. The summed E-state index contributed by atoms with van der Waals surface area (Å²) in [7, 11) is 0. The van der Waals surface area contributed by atoms with Crippen molar-refractivity contribution in [1.82, 2.24) is 0 Å². The number of thioether (sulfide) groups is 1. The second kappa shape index (κ2) is 6.19. The Morgan fingerprint density at radius 3 is 2.48 bits per heavy atom. The van der Waals surface area contributed by atoms with Crippen molar-refractivity contribution in [3.63, 3.8) is 0 Å². The number of carbonyl (C=O) groups is 1. The summed E-state index contributed by atoms with van der Waals surface area (Å²) in [4.78, 5) is 12.7. The number of Topliss-reactive ketones (excluding diaryl/α,β-unsaturated/α-hetero) is 1. The molecule has 0 unspecified atom stereocenters. The summed E-state index contributed by atoms with van der Waals surface area (Å²) in [5, 5.41) is 4.34. The zero-order valence-corrected chi connectivity index (χ0v) is 12.7. The fourth-order valence-corrected chi connectivity index (χ4v) is 3.28. The third-order valence-electron chi connectivity index (χ3n) is 3.69. The van der Waals surface area contributed by atoms with Crippen LogP contribution in [0.1, 0.15) is 22.3 Å². The van der Waals surface area contributed by atoms with E-state index in [1.165, 1.54) is 0 Å². The van der Waals surface area contributed by atoms with Crippen LogP contribution in [-0.2, 0) is 6.42 Å². The smallest absolute Gasteiger partial charge is 0.191 e. The summed E-state index contributed by atoms with van der Waals surface area (Å²) in [5.41, 5.74) is 3.91. The number of allylic oxidation sites excluding steroid dienone is 1. The van der Waals surface area contributed by atoms with Gasteiger partial charge in [0, 0.05) is 16.8 Å². The summed E-state index contributed by atoms with van der Waals surface area (Å²) < 4.78 is 0. The van der Waals surface area contributed by atoms with Gasteiger partial charge < -0.3 is 5.32 Å². The van der Waals surface area contributed by atoms with Crippen LogP contribution in [0.25, 0.3) is 0 Å². The summed E-state index contributed by atoms with van der Waals surface area (Å²) >= 11 is 1.60. The van der Waals surface area contributed by atoms with Gasteiger partial charge in [0.2, 0.25) is 0 Å². The average Bonchev–Trinajstić information content (AvgIpc) is 2.55. The van der Waals surface area contributed by atoms with Gasteiger partial charge in [0.25, 0.3) is 0 Å². The lowest BCUT2D eigenvalue weighted by molar-refractivity contribution is 0.102. The molecule has 1 aliphatic rings. The van der Waals surface area contributed by atoms with Gasteiger partial charge >= 0.3 is 0 Å². The molecule has 0 spiro atoms. The van der Waals surface area contributed by atoms with E-state index in [4.69, 9.17) is 0 Å². The van der Waals surface area contributed by atoms with Crippen LogP contribution in [-0.4, -0.2) is 12.0 Å². The summed E-state index contributed by atoms with van der Waals surface area (Å²) in [6, 6.07) is 17.9. The van der Waals surface area contributed by atoms with E-state index in [0.717, 1.165) is 40.3 Å². The van der Waals surface area contributed by atoms with E-state index < -0.39 is 0 Å². The van der Waals surface area contributed by atoms with E-state index in [1.807, 2.05) is 60.9 Å². The lowest BCUT2D eigenvalue weighted by Crippen LogP contribution is -2.17. The van der Waals surface area contributed by atoms with Crippen LogP contribution >= 0.6 is 11.8 Å². The van der Waals surface area contributed by atoms with Gasteiger partial charge in [-0.3, -0.25) is 4.79 Å². The molecule has 2 nitrogen and oxygen atoms in total. The molecule has 0 fully saturated rings. The highest BCUT2D eigenvalue weighted by Gasteiger charge is 2.24. The Morgan fingerprint density at radius 2 is 1.71 bits per heavy atom. The number of fused-ring (bicyclic) bond motifs is 1. The first kappa shape index (κ1) is 14.0. The first-order valence-corrected chi connectivity index (χ1v) is 8.24. The molecule has 3 heteroatoms. The van der Waals surface area contributed by atoms with E-state index in [-0.39, 0.29) is 5.78 Å². The largest absolute Gasteiger partial charge is 0.350 e. The Kier molecular flexibility index (Phi) is 4.11. The molecule has 3 rings (SSSR count). The second-order valence-electron chi connectivity index (χ2n) is 4.99. The molecule has 0 heterocycles. The maximum Gasteiger partial charge on any atom is 0.191 e. The molecule has 21 heavy (non-hydrogen) atoms. The monoisotopic (exact) mass is 295 g/mol. The summed E-state index contributed by atoms with van der Waals surface area (Å²) in [6.07, 6.45) is 3.73. The summed E-state index contributed by atoms with van der Waals surface area (Å²) in [5.74, 6) is 0.157. The number of nitrogens with one attached hydrogen (secondary N) is 1. The Morgan fingerprint density at radius 1 is 1.00 bits per heavy atom. The molecule has 0 aliphatic heterocycles. The third-order valence-corrected chi connectivity index (χ3v) is 4.45. The molecule has 0 atom stereocenters. The highest BCUT2D eigenvalue weighted by atomic mass is 32.2. The molecule has 0 bridgehead atoms. The van der Waals surface area contributed by atoms with Crippen molar-refractivity contribution in [3.8, 4) is 0 Å². The first-order chi connectivity index (χ1) is 10.3. The third kappa shape index (κ3) is 2.88. The van der Waals surface area contributed by atoms with Crippen molar-refractivity contribution >= 4 is 23.2 Å². The molecule has 0 saturated heterocycles. The number of anilines is 1. The number of benzene rings is 2. The average molecular weight is 295 g/mol. The van der Waals surface area contributed by atoms with Crippen molar-refractivity contribution < 1.29 is 4.79 Å². The molecule has 0 radical (unpaired) electrons. The van der Waals surface area contributed by atoms with Gasteiger partial charge in [-0.1, -0.05) is 42.5 Å². The molecule has 2 aromatic rings. The SMILES string of the molecule is CS/C(Nc1ccccc1)=C1/CCc2ccccc2C1=O. The van der Waals surface area contributed by atoms with E-state index in [0.29, 0.717) is 0 Å². The van der Waals surface area contributed by atoms with Gasteiger partial charge in [0.1, 0.15) is 0 Å². The number of hydrogen-bond acceptors (Lipinski definition) is 3. The van der Waals surface area contributed by atoms with Crippen molar-refractivity contribution in [2.24, 2.45) is 0 Å². The standard InChI is InChI=1S/C18H17NOS/c1-21-18(19-14-8-3-2-4-9-14)16-12-11-13-7-5-6-10-15(13)17(16)20/h2-10,19H,11-12H2,1H3/b18-16-. The van der Waals surface area contributed by atoms with Crippen LogP contribution in [0.2, 0.25) is 0 Å². The molecule has 1 N–H and O–H groups in total. The van der Waals surface area contributed by atoms with Crippen molar-refractivity contribution in [2.75, 3.05) is 11.6 Å². The maximum absolute atomic E-state index is 12.7. The van der Waals surface area contributed by atoms with E-state index >= 15 is 0 Å². The van der Waals surface area contributed by atoms with Gasteiger partial charge in [-0.25, -0.2) is 0 Å². The number of ketones is 1. The van der Waals surface area contributed by atoms with Gasteiger partial charge in [0.15, 0.2) is 5.78 Å². The van der Waals surface area contributed by atoms with Crippen LogP contribution in [0.3, 0.4) is 0 Å². The van der Waals surface area contributed by atoms with E-state index in [2.05, 4.69) is 5.32 Å². The lowest BCUT2D eigenvalue weighted by Gasteiger charge is -2.21. The highest BCUT2D eigenvalue weighted by molar-refractivity contribution is 8.02. The van der Waals surface area contributed by atoms with Gasteiger partial charge in [-0.2, -0.15) is 0 Å². The lowest BCUT2D eigenvalue weighted by atomic mass is 9.87. The predicted molar refractivity (Wildman–Crippen MR) is 89.7 cm³/mol. The van der Waals surface area contributed by atoms with Crippen LogP contribution in [0, 0.1) is 0 Å². The minimum atomic E-state index is 0.157. The predicted octanol–water partition coefficient (Wildman–Crippen LogP) is 4.50. The number of rotatable bonds is 3. The molecular formula is C18H17NOS. The molecule has 0 saturated carbocycles. The molecule has 0 aromatic heterocycles. The summed E-state index contributed by atoms with van der Waals surface area (Å²) in [6.45, 7) is 0. The topological polar surface area (TPSA) is 29.1 Å². The van der Waals surface area contributed by atoms with Crippen LogP contribution in [0.15, 0.2) is 65.2 Å². The Balaban J connectivity index is 1.95. The molecular weight excluding hydrogens is 278 g/mol. The zero-order valence-electron chi connectivity index (χ0n) is 11.9. The minimum Gasteiger partial charge on any atom is -0.350 e. The number of carbonyl (C=O) groups excluding carboxylic acids is 1. The maximum atomic E-state index is 12.7. The Hall–Kier alpha value is -2.00. The molecule has 106 valence electrons. The fourth-order valence-electron chi connectivity index (χ4n) is 2.61. The molecule has 2 aromatic carbocycles. The van der Waals surface area contributed by atoms with Crippen molar-refractivity contribution in [3.05, 3.63) is 76.3 Å². The number of hydrogen-bond donors (Lipinski definition) is 1. The number of aryl methyl sites for hydroxylation is 1. The van der Waals surface area contributed by atoms with Crippen molar-refractivity contribution in [2.45, 2.75) is 12.8 Å². The fraction of sp³-hybridized carbons (Fsp3) is 0.167. The normalized spacial score (nSPS) is 16.3. The molecule has 0 amide bonds. The van der Waals surface area contributed by atoms with Crippen LogP contribution < -0.4 is 5.32 Å². The molecule has 1 aliphatic carbocycles. The van der Waals surface area contributed by atoms with E-state index in [9.17, 15) is 4.79 Å². The van der Waals surface area contributed by atoms with Gasteiger partial charge in [-0.05, 0) is 36.8 Å². The first-order valence-electron chi connectivity index (χ1n) is 7.01. The Labute approximate surface area is 129 Å².